The minimum atomic E-state index is 0.137. The lowest BCUT2D eigenvalue weighted by molar-refractivity contribution is 0.215. The number of hydrogen-bond acceptors (Lipinski definition) is 2. The summed E-state index contributed by atoms with van der Waals surface area (Å²) >= 11 is 12.2. The van der Waals surface area contributed by atoms with Crippen molar-refractivity contribution >= 4 is 23.2 Å². The van der Waals surface area contributed by atoms with Crippen LogP contribution in [0, 0.1) is 0 Å². The number of hydrogen-bond donors (Lipinski definition) is 0. The minimum absolute atomic E-state index is 0.137. The highest BCUT2D eigenvalue weighted by Gasteiger charge is 2.51. The van der Waals surface area contributed by atoms with E-state index in [-0.39, 0.29) is 5.54 Å². The van der Waals surface area contributed by atoms with Gasteiger partial charge in [-0.1, -0.05) is 23.2 Å². The van der Waals surface area contributed by atoms with E-state index in [0.29, 0.717) is 5.15 Å². The van der Waals surface area contributed by atoms with Gasteiger partial charge in [-0.15, -0.1) is 0 Å². The van der Waals surface area contributed by atoms with E-state index >= 15 is 0 Å². The second-order valence-corrected chi connectivity index (χ2v) is 6.26. The molecule has 0 unspecified atom stereocenters. The summed E-state index contributed by atoms with van der Waals surface area (Å²) in [5.74, 6) is 0. The number of aromatic nitrogens is 2. The molecule has 2 aromatic heterocycles. The van der Waals surface area contributed by atoms with Crippen LogP contribution < -0.4 is 0 Å². The molecule has 1 spiro atoms. The topological polar surface area (TPSA) is 21.1 Å². The van der Waals surface area contributed by atoms with Gasteiger partial charge in [-0.3, -0.25) is 4.90 Å². The minimum Gasteiger partial charge on any atom is -0.318 e. The molecule has 0 N–H and O–H groups in total. The van der Waals surface area contributed by atoms with Crippen molar-refractivity contribution in [2.75, 3.05) is 7.05 Å². The van der Waals surface area contributed by atoms with Crippen LogP contribution in [0.5, 0.6) is 0 Å². The second kappa shape index (κ2) is 3.75. The fourth-order valence-corrected chi connectivity index (χ4v) is 3.54. The van der Waals surface area contributed by atoms with Crippen molar-refractivity contribution in [3.8, 4) is 5.69 Å². The van der Waals surface area contributed by atoms with Gasteiger partial charge in [-0.05, 0) is 32.0 Å². The molecule has 4 rings (SSSR count). The van der Waals surface area contributed by atoms with Gasteiger partial charge in [0.1, 0.15) is 5.15 Å². The molecule has 98 valence electrons. The summed E-state index contributed by atoms with van der Waals surface area (Å²) in [5, 5.41) is 1.28. The summed E-state index contributed by atoms with van der Waals surface area (Å²) in [7, 11) is 2.17. The third-order valence-corrected chi connectivity index (χ3v) is 4.74. The summed E-state index contributed by atoms with van der Waals surface area (Å²) in [4.78, 5) is 6.68. The van der Waals surface area contributed by atoms with E-state index in [0.717, 1.165) is 17.3 Å². The predicted molar refractivity (Wildman–Crippen MR) is 76.0 cm³/mol. The Morgan fingerprint density at radius 1 is 1.26 bits per heavy atom. The molecule has 0 bridgehead atoms. The molecule has 2 aliphatic rings. The summed E-state index contributed by atoms with van der Waals surface area (Å²) in [6, 6.07) is 3.97. The van der Waals surface area contributed by atoms with Gasteiger partial charge < -0.3 is 4.57 Å². The van der Waals surface area contributed by atoms with Crippen LogP contribution >= 0.6 is 23.2 Å². The van der Waals surface area contributed by atoms with Gasteiger partial charge in [0.2, 0.25) is 0 Å². The Balaban J connectivity index is 2.04. The van der Waals surface area contributed by atoms with Gasteiger partial charge in [0.15, 0.2) is 0 Å². The van der Waals surface area contributed by atoms with Gasteiger partial charge in [0, 0.05) is 35.7 Å². The molecular weight excluding hydrogens is 281 g/mol. The molecular formula is C14H13Cl2N3. The normalized spacial score (nSPS) is 19.9. The molecule has 3 nitrogen and oxygen atoms in total. The fourth-order valence-electron chi connectivity index (χ4n) is 3.17. The number of rotatable bonds is 0. The summed E-state index contributed by atoms with van der Waals surface area (Å²) < 4.78 is 2.15. The third kappa shape index (κ3) is 1.59. The van der Waals surface area contributed by atoms with E-state index in [1.165, 1.54) is 24.1 Å². The molecule has 2 aromatic rings. The Bertz CT molecular complexity index is 673. The van der Waals surface area contributed by atoms with Gasteiger partial charge >= 0.3 is 0 Å². The van der Waals surface area contributed by atoms with Crippen molar-refractivity contribution in [3.05, 3.63) is 46.0 Å². The Kier molecular flexibility index (Phi) is 2.32. The van der Waals surface area contributed by atoms with Gasteiger partial charge in [-0.2, -0.15) is 0 Å². The number of halogens is 2. The Labute approximate surface area is 121 Å². The van der Waals surface area contributed by atoms with E-state index in [9.17, 15) is 0 Å². The highest BCUT2D eigenvalue weighted by Crippen LogP contribution is 2.54. The first-order chi connectivity index (χ1) is 9.10. The van der Waals surface area contributed by atoms with E-state index in [1.54, 1.807) is 0 Å². The zero-order chi connectivity index (χ0) is 13.2. The Hall–Kier alpha value is -1.03. The van der Waals surface area contributed by atoms with Crippen molar-refractivity contribution in [2.24, 2.45) is 0 Å². The van der Waals surface area contributed by atoms with Crippen LogP contribution in [-0.4, -0.2) is 21.5 Å². The second-order valence-electron chi connectivity index (χ2n) is 5.43. The van der Waals surface area contributed by atoms with Crippen LogP contribution in [0.25, 0.3) is 5.69 Å². The third-order valence-electron chi connectivity index (χ3n) is 4.33. The molecule has 1 aliphatic carbocycles. The Morgan fingerprint density at radius 2 is 2.05 bits per heavy atom. The maximum Gasteiger partial charge on any atom is 0.131 e. The first-order valence-corrected chi connectivity index (χ1v) is 7.10. The van der Waals surface area contributed by atoms with Crippen molar-refractivity contribution < 1.29 is 0 Å². The Morgan fingerprint density at radius 3 is 2.79 bits per heavy atom. The summed E-state index contributed by atoms with van der Waals surface area (Å²) in [5.41, 5.74) is 3.70. The van der Waals surface area contributed by atoms with Crippen molar-refractivity contribution in [1.29, 1.82) is 0 Å². The van der Waals surface area contributed by atoms with Crippen LogP contribution in [0.15, 0.2) is 24.5 Å². The lowest BCUT2D eigenvalue weighted by Gasteiger charge is -2.26. The molecule has 3 heterocycles. The van der Waals surface area contributed by atoms with Crippen LogP contribution in [-0.2, 0) is 12.1 Å². The monoisotopic (exact) mass is 293 g/mol. The molecule has 1 fully saturated rings. The molecule has 1 aliphatic heterocycles. The van der Waals surface area contributed by atoms with Crippen LogP contribution in [0.2, 0.25) is 10.2 Å². The zero-order valence-electron chi connectivity index (χ0n) is 10.5. The van der Waals surface area contributed by atoms with Crippen molar-refractivity contribution in [3.63, 3.8) is 0 Å². The molecule has 0 aromatic carbocycles. The first kappa shape index (κ1) is 11.8. The standard InChI is InChI=1S/C14H13Cl2N3/c1-18-8-10-4-9(15)7-19(10)12-5-13(16)17-6-11(12)14(18)2-3-14/h4-7H,2-3,8H2,1H3. The summed E-state index contributed by atoms with van der Waals surface area (Å²) in [6.07, 6.45) is 6.24. The molecule has 1 saturated carbocycles. The maximum atomic E-state index is 6.16. The fraction of sp³-hybridized carbons (Fsp3) is 0.357. The van der Waals surface area contributed by atoms with E-state index in [1.807, 2.05) is 24.5 Å². The molecule has 0 radical (unpaired) electrons. The average Bonchev–Trinajstić information content (AvgIpc) is 3.10. The molecule has 0 atom stereocenters. The van der Waals surface area contributed by atoms with E-state index < -0.39 is 0 Å². The number of nitrogens with zero attached hydrogens (tertiary/aromatic N) is 3. The van der Waals surface area contributed by atoms with E-state index in [2.05, 4.69) is 21.5 Å². The lowest BCUT2D eigenvalue weighted by Crippen LogP contribution is -2.30. The van der Waals surface area contributed by atoms with Gasteiger partial charge in [0.05, 0.1) is 10.7 Å². The highest BCUT2D eigenvalue weighted by molar-refractivity contribution is 6.30. The molecule has 19 heavy (non-hydrogen) atoms. The van der Waals surface area contributed by atoms with Gasteiger partial charge in [-0.25, -0.2) is 4.98 Å². The summed E-state index contributed by atoms with van der Waals surface area (Å²) in [6.45, 7) is 0.888. The largest absolute Gasteiger partial charge is 0.318 e. The van der Waals surface area contributed by atoms with Crippen LogP contribution in [0.1, 0.15) is 24.1 Å². The van der Waals surface area contributed by atoms with Crippen molar-refractivity contribution in [1.82, 2.24) is 14.5 Å². The van der Waals surface area contributed by atoms with E-state index in [4.69, 9.17) is 23.2 Å². The lowest BCUT2D eigenvalue weighted by atomic mass is 10.0. The molecule has 0 saturated heterocycles. The number of fused-ring (bicyclic) bond motifs is 4. The smallest absolute Gasteiger partial charge is 0.131 e. The SMILES string of the molecule is CN1Cc2cc(Cl)cn2-c2cc(Cl)ncc2C12CC2. The zero-order valence-corrected chi connectivity index (χ0v) is 12.0. The number of pyridine rings is 1. The van der Waals surface area contributed by atoms with Gasteiger partial charge in [0.25, 0.3) is 0 Å². The first-order valence-electron chi connectivity index (χ1n) is 6.34. The quantitative estimate of drug-likeness (QED) is 0.692. The average molecular weight is 294 g/mol. The van der Waals surface area contributed by atoms with Crippen LogP contribution in [0.3, 0.4) is 0 Å². The van der Waals surface area contributed by atoms with Crippen LogP contribution in [0.4, 0.5) is 0 Å². The highest BCUT2D eigenvalue weighted by atomic mass is 35.5. The molecule has 0 amide bonds. The predicted octanol–water partition coefficient (Wildman–Crippen LogP) is 3.61. The maximum absolute atomic E-state index is 6.16. The molecule has 5 heteroatoms. The van der Waals surface area contributed by atoms with Crippen molar-refractivity contribution in [2.45, 2.75) is 24.9 Å².